The number of rotatable bonds is 8. The SMILES string of the molecule is CC(Oc1ccc2c(n1)CCN(CC[C@H]1CC[C@H](NC(=O)c3cccc4nn(C)cc34)CC1)CC2)C(F)F. The van der Waals surface area contributed by atoms with Crippen molar-refractivity contribution in [3.8, 4) is 5.88 Å². The highest BCUT2D eigenvalue weighted by molar-refractivity contribution is 6.06. The summed E-state index contributed by atoms with van der Waals surface area (Å²) in [6, 6.07) is 9.59. The van der Waals surface area contributed by atoms with Crippen LogP contribution in [0.4, 0.5) is 8.78 Å². The number of carbonyl (C=O) groups excluding carboxylic acids is 1. The van der Waals surface area contributed by atoms with Crippen LogP contribution in [0, 0.1) is 5.92 Å². The van der Waals surface area contributed by atoms with E-state index in [-0.39, 0.29) is 17.8 Å². The lowest BCUT2D eigenvalue weighted by atomic mass is 9.84. The third-order valence-electron chi connectivity index (χ3n) is 8.01. The molecule has 1 N–H and O–H groups in total. The van der Waals surface area contributed by atoms with Gasteiger partial charge in [0.1, 0.15) is 0 Å². The van der Waals surface area contributed by atoms with E-state index in [0.29, 0.717) is 11.5 Å². The predicted octanol–water partition coefficient (Wildman–Crippen LogP) is 4.78. The summed E-state index contributed by atoms with van der Waals surface area (Å²) in [5.74, 6) is 0.942. The molecule has 204 valence electrons. The van der Waals surface area contributed by atoms with Gasteiger partial charge in [0.05, 0.1) is 11.1 Å². The standard InChI is InChI=1S/C29H37F2N5O2/c1-19(28(30)31)38-27-11-8-21-13-16-36(17-14-25(21)33-27)15-12-20-6-9-22(10-7-20)32-29(37)23-4-3-5-26-24(23)18-35(2)34-26/h3-5,8,11,18-20,22,28H,6-7,9-10,12-17H2,1-2H3,(H,32,37)/t19?,20-,22-. The molecule has 1 saturated carbocycles. The van der Waals surface area contributed by atoms with Crippen molar-refractivity contribution in [2.24, 2.45) is 13.0 Å². The average molecular weight is 526 g/mol. The average Bonchev–Trinajstić information content (AvgIpc) is 3.17. The number of amides is 1. The van der Waals surface area contributed by atoms with E-state index < -0.39 is 12.5 Å². The Morgan fingerprint density at radius 2 is 1.92 bits per heavy atom. The van der Waals surface area contributed by atoms with E-state index >= 15 is 0 Å². The minimum Gasteiger partial charge on any atom is -0.469 e. The molecule has 1 aliphatic carbocycles. The number of aryl methyl sites for hydroxylation is 1. The van der Waals surface area contributed by atoms with E-state index in [0.717, 1.165) is 81.2 Å². The molecule has 1 amide bonds. The van der Waals surface area contributed by atoms with Crippen molar-refractivity contribution in [2.75, 3.05) is 19.6 Å². The molecule has 3 heterocycles. The molecule has 2 aliphatic rings. The van der Waals surface area contributed by atoms with Crippen molar-refractivity contribution < 1.29 is 18.3 Å². The molecule has 0 saturated heterocycles. The summed E-state index contributed by atoms with van der Waals surface area (Å²) in [4.78, 5) is 20.0. The lowest BCUT2D eigenvalue weighted by molar-refractivity contribution is 0.0200. The van der Waals surface area contributed by atoms with Crippen LogP contribution in [0.2, 0.25) is 0 Å². The number of alkyl halides is 2. The predicted molar refractivity (Wildman–Crippen MR) is 143 cm³/mol. The van der Waals surface area contributed by atoms with Crippen LogP contribution in [-0.4, -0.2) is 63.8 Å². The smallest absolute Gasteiger partial charge is 0.274 e. The van der Waals surface area contributed by atoms with Crippen LogP contribution < -0.4 is 10.1 Å². The summed E-state index contributed by atoms with van der Waals surface area (Å²) in [5.41, 5.74) is 3.68. The maximum Gasteiger partial charge on any atom is 0.274 e. The highest BCUT2D eigenvalue weighted by atomic mass is 19.3. The number of pyridine rings is 1. The van der Waals surface area contributed by atoms with Crippen LogP contribution in [0.25, 0.3) is 10.9 Å². The van der Waals surface area contributed by atoms with Gasteiger partial charge in [0.15, 0.2) is 6.10 Å². The fourth-order valence-corrected chi connectivity index (χ4v) is 5.72. The monoisotopic (exact) mass is 525 g/mol. The number of nitrogens with one attached hydrogen (secondary N) is 1. The minimum absolute atomic E-state index is 0.0120. The first-order valence-corrected chi connectivity index (χ1v) is 13.7. The Balaban J connectivity index is 1.06. The number of carbonyl (C=O) groups is 1. The van der Waals surface area contributed by atoms with E-state index in [4.69, 9.17) is 4.74 Å². The van der Waals surface area contributed by atoms with E-state index in [1.54, 1.807) is 10.7 Å². The summed E-state index contributed by atoms with van der Waals surface area (Å²) in [6.45, 7) is 4.31. The molecular formula is C29H37F2N5O2. The van der Waals surface area contributed by atoms with Gasteiger partial charge >= 0.3 is 0 Å². The molecule has 9 heteroatoms. The number of nitrogens with zero attached hydrogens (tertiary/aromatic N) is 4. The number of hydrogen-bond donors (Lipinski definition) is 1. The summed E-state index contributed by atoms with van der Waals surface area (Å²) in [7, 11) is 1.87. The molecule has 38 heavy (non-hydrogen) atoms. The topological polar surface area (TPSA) is 72.3 Å². The summed E-state index contributed by atoms with van der Waals surface area (Å²) < 4.78 is 32.7. The number of benzene rings is 1. The molecule has 7 nitrogen and oxygen atoms in total. The molecular weight excluding hydrogens is 488 g/mol. The van der Waals surface area contributed by atoms with Gasteiger partial charge in [-0.15, -0.1) is 0 Å². The second-order valence-electron chi connectivity index (χ2n) is 10.8. The number of ether oxygens (including phenoxy) is 1. The zero-order chi connectivity index (χ0) is 26.6. The Hall–Kier alpha value is -3.07. The number of fused-ring (bicyclic) bond motifs is 2. The third kappa shape index (κ3) is 6.31. The normalized spacial score (nSPS) is 21.2. The summed E-state index contributed by atoms with van der Waals surface area (Å²) in [6.07, 6.45) is 5.35. The Kier molecular flexibility index (Phi) is 8.21. The molecule has 0 radical (unpaired) electrons. The van der Waals surface area contributed by atoms with E-state index in [2.05, 4.69) is 20.3 Å². The fourth-order valence-electron chi connectivity index (χ4n) is 5.72. The highest BCUT2D eigenvalue weighted by Gasteiger charge is 2.25. The maximum absolute atomic E-state index is 13.0. The molecule has 0 spiro atoms. The lowest BCUT2D eigenvalue weighted by Crippen LogP contribution is -2.38. The first-order chi connectivity index (χ1) is 18.4. The van der Waals surface area contributed by atoms with Gasteiger partial charge in [-0.25, -0.2) is 13.8 Å². The molecule has 0 bridgehead atoms. The highest BCUT2D eigenvalue weighted by Crippen LogP contribution is 2.28. The van der Waals surface area contributed by atoms with Gasteiger partial charge in [0.25, 0.3) is 12.3 Å². The van der Waals surface area contributed by atoms with Crippen LogP contribution in [0.5, 0.6) is 5.88 Å². The molecule has 2 aromatic heterocycles. The Bertz CT molecular complexity index is 1250. The fraction of sp³-hybridized carbons (Fsp3) is 0.552. The first-order valence-electron chi connectivity index (χ1n) is 13.7. The van der Waals surface area contributed by atoms with Crippen LogP contribution in [0.1, 0.15) is 60.6 Å². The van der Waals surface area contributed by atoms with Crippen LogP contribution in [0.15, 0.2) is 36.5 Å². The second kappa shape index (κ2) is 11.8. The van der Waals surface area contributed by atoms with Crippen molar-refractivity contribution in [1.82, 2.24) is 25.0 Å². The van der Waals surface area contributed by atoms with Crippen LogP contribution >= 0.6 is 0 Å². The van der Waals surface area contributed by atoms with Gasteiger partial charge in [-0.1, -0.05) is 12.1 Å². The Morgan fingerprint density at radius 3 is 2.71 bits per heavy atom. The summed E-state index contributed by atoms with van der Waals surface area (Å²) in [5, 5.41) is 8.56. The van der Waals surface area contributed by atoms with Crippen molar-refractivity contribution >= 4 is 16.8 Å². The zero-order valence-corrected chi connectivity index (χ0v) is 22.2. The molecule has 5 rings (SSSR count). The largest absolute Gasteiger partial charge is 0.469 e. The lowest BCUT2D eigenvalue weighted by Gasteiger charge is -2.30. The molecule has 1 aromatic carbocycles. The van der Waals surface area contributed by atoms with Crippen LogP contribution in [-0.2, 0) is 19.9 Å². The van der Waals surface area contributed by atoms with Crippen molar-refractivity contribution in [3.63, 3.8) is 0 Å². The van der Waals surface area contributed by atoms with Gasteiger partial charge in [0, 0.05) is 55.9 Å². The maximum atomic E-state index is 13.0. The molecule has 3 aromatic rings. The van der Waals surface area contributed by atoms with Gasteiger partial charge in [0.2, 0.25) is 5.88 Å². The van der Waals surface area contributed by atoms with Crippen molar-refractivity contribution in [2.45, 2.75) is 70.4 Å². The molecule has 1 atom stereocenters. The Labute approximate surface area is 222 Å². The summed E-state index contributed by atoms with van der Waals surface area (Å²) >= 11 is 0. The third-order valence-corrected chi connectivity index (χ3v) is 8.01. The van der Waals surface area contributed by atoms with Gasteiger partial charge < -0.3 is 15.0 Å². The van der Waals surface area contributed by atoms with Crippen LogP contribution in [0.3, 0.4) is 0 Å². The van der Waals surface area contributed by atoms with E-state index in [1.165, 1.54) is 12.5 Å². The van der Waals surface area contributed by atoms with Gasteiger partial charge in [-0.05, 0) is 75.6 Å². The minimum atomic E-state index is -2.53. The van der Waals surface area contributed by atoms with E-state index in [9.17, 15) is 13.6 Å². The number of hydrogen-bond acceptors (Lipinski definition) is 5. The quantitative estimate of drug-likeness (QED) is 0.458. The van der Waals surface area contributed by atoms with Gasteiger partial charge in [-0.3, -0.25) is 9.48 Å². The first kappa shape index (κ1) is 26.5. The van der Waals surface area contributed by atoms with Gasteiger partial charge in [-0.2, -0.15) is 5.10 Å². The van der Waals surface area contributed by atoms with Crippen molar-refractivity contribution in [1.29, 1.82) is 0 Å². The number of halogens is 2. The molecule has 1 unspecified atom stereocenters. The number of aromatic nitrogens is 3. The van der Waals surface area contributed by atoms with E-state index in [1.807, 2.05) is 37.5 Å². The second-order valence-corrected chi connectivity index (χ2v) is 10.8. The van der Waals surface area contributed by atoms with Crippen molar-refractivity contribution in [3.05, 3.63) is 53.3 Å². The molecule has 1 aliphatic heterocycles. The zero-order valence-electron chi connectivity index (χ0n) is 22.2. The molecule has 1 fully saturated rings. The Morgan fingerprint density at radius 1 is 1.13 bits per heavy atom.